The van der Waals surface area contributed by atoms with Gasteiger partial charge < -0.3 is 4.74 Å². The van der Waals surface area contributed by atoms with Crippen molar-refractivity contribution in [2.75, 3.05) is 6.61 Å². The van der Waals surface area contributed by atoms with E-state index >= 15 is 0 Å². The van der Waals surface area contributed by atoms with Crippen LogP contribution in [-0.2, 0) is 6.42 Å². The van der Waals surface area contributed by atoms with Gasteiger partial charge in [-0.1, -0.05) is 35.9 Å². The van der Waals surface area contributed by atoms with E-state index in [2.05, 4.69) is 48.0 Å². The molecule has 0 spiro atoms. The number of hydrogen-bond donors (Lipinski definition) is 0. The van der Waals surface area contributed by atoms with Crippen molar-refractivity contribution in [3.8, 4) is 5.75 Å². The van der Waals surface area contributed by atoms with E-state index in [9.17, 15) is 0 Å². The Morgan fingerprint density at radius 3 is 2.61 bits per heavy atom. The normalized spacial score (nSPS) is 10.4. The molecule has 1 nitrogen and oxygen atoms in total. The maximum Gasteiger partial charge on any atom is 0.133 e. The lowest BCUT2D eigenvalue weighted by molar-refractivity contribution is 0.319. The van der Waals surface area contributed by atoms with E-state index in [1.165, 1.54) is 16.7 Å². The predicted molar refractivity (Wildman–Crippen MR) is 79.3 cm³/mol. The number of aryl methyl sites for hydroxylation is 2. The standard InChI is InChI=1S/C16H17BrO/c1-12-7-8-13(2)14(11-12)9-10-18-16-6-4-3-5-15(16)17/h3-8,11H,9-10H2,1-2H3. The fraction of sp³-hybridized carbons (Fsp3) is 0.250. The Labute approximate surface area is 117 Å². The molecule has 2 rings (SSSR count). The number of para-hydroxylation sites is 1. The van der Waals surface area contributed by atoms with Crippen LogP contribution in [0.1, 0.15) is 16.7 Å². The molecule has 0 aliphatic heterocycles. The van der Waals surface area contributed by atoms with Crippen molar-refractivity contribution in [2.45, 2.75) is 20.3 Å². The number of hydrogen-bond acceptors (Lipinski definition) is 1. The SMILES string of the molecule is Cc1ccc(C)c(CCOc2ccccc2Br)c1. The van der Waals surface area contributed by atoms with Crippen LogP contribution in [0.2, 0.25) is 0 Å². The second-order valence-electron chi connectivity index (χ2n) is 4.46. The van der Waals surface area contributed by atoms with Gasteiger partial charge in [0.05, 0.1) is 11.1 Å². The largest absolute Gasteiger partial charge is 0.492 e. The molecule has 2 aromatic carbocycles. The summed E-state index contributed by atoms with van der Waals surface area (Å²) >= 11 is 3.48. The molecular weight excluding hydrogens is 288 g/mol. The first-order valence-corrected chi connectivity index (χ1v) is 6.89. The minimum Gasteiger partial charge on any atom is -0.492 e. The number of benzene rings is 2. The van der Waals surface area contributed by atoms with Crippen molar-refractivity contribution < 1.29 is 4.74 Å². The van der Waals surface area contributed by atoms with Crippen LogP contribution in [-0.4, -0.2) is 6.61 Å². The van der Waals surface area contributed by atoms with Gasteiger partial charge in [0.15, 0.2) is 0 Å². The fourth-order valence-electron chi connectivity index (χ4n) is 1.90. The molecule has 0 atom stereocenters. The molecule has 94 valence electrons. The van der Waals surface area contributed by atoms with Crippen LogP contribution < -0.4 is 4.74 Å². The van der Waals surface area contributed by atoms with Crippen LogP contribution in [0.4, 0.5) is 0 Å². The molecule has 0 aliphatic rings. The highest BCUT2D eigenvalue weighted by Gasteiger charge is 2.02. The van der Waals surface area contributed by atoms with Crippen molar-refractivity contribution in [1.82, 2.24) is 0 Å². The van der Waals surface area contributed by atoms with Crippen LogP contribution in [0.25, 0.3) is 0 Å². The summed E-state index contributed by atoms with van der Waals surface area (Å²) in [5.74, 6) is 0.905. The van der Waals surface area contributed by atoms with Crippen LogP contribution in [0.15, 0.2) is 46.9 Å². The zero-order chi connectivity index (χ0) is 13.0. The molecule has 0 amide bonds. The Morgan fingerprint density at radius 2 is 1.83 bits per heavy atom. The topological polar surface area (TPSA) is 9.23 Å². The van der Waals surface area contributed by atoms with Crippen molar-refractivity contribution >= 4 is 15.9 Å². The molecular formula is C16H17BrO. The Balaban J connectivity index is 1.96. The summed E-state index contributed by atoms with van der Waals surface area (Å²) in [6.07, 6.45) is 0.939. The van der Waals surface area contributed by atoms with Gasteiger partial charge in [0.25, 0.3) is 0 Å². The van der Waals surface area contributed by atoms with Gasteiger partial charge in [-0.15, -0.1) is 0 Å². The van der Waals surface area contributed by atoms with E-state index in [1.807, 2.05) is 24.3 Å². The number of ether oxygens (including phenoxy) is 1. The van der Waals surface area contributed by atoms with Gasteiger partial charge in [-0.3, -0.25) is 0 Å². The first kappa shape index (κ1) is 13.2. The molecule has 0 N–H and O–H groups in total. The summed E-state index contributed by atoms with van der Waals surface area (Å²) in [4.78, 5) is 0. The molecule has 2 aromatic rings. The van der Waals surface area contributed by atoms with Crippen LogP contribution in [0, 0.1) is 13.8 Å². The summed E-state index contributed by atoms with van der Waals surface area (Å²) in [6.45, 7) is 4.97. The Hall–Kier alpha value is -1.28. The average molecular weight is 305 g/mol. The molecule has 2 heteroatoms. The van der Waals surface area contributed by atoms with E-state index in [4.69, 9.17) is 4.74 Å². The molecule has 18 heavy (non-hydrogen) atoms. The van der Waals surface area contributed by atoms with E-state index in [0.717, 1.165) is 16.6 Å². The van der Waals surface area contributed by atoms with Gasteiger partial charge in [-0.05, 0) is 53.0 Å². The minimum atomic E-state index is 0.701. The van der Waals surface area contributed by atoms with Crippen LogP contribution >= 0.6 is 15.9 Å². The molecule has 0 aromatic heterocycles. The monoisotopic (exact) mass is 304 g/mol. The van der Waals surface area contributed by atoms with Crippen molar-refractivity contribution in [3.05, 3.63) is 63.6 Å². The molecule has 0 aliphatic carbocycles. The molecule has 0 fully saturated rings. The first-order chi connectivity index (χ1) is 8.66. The fourth-order valence-corrected chi connectivity index (χ4v) is 2.30. The lowest BCUT2D eigenvalue weighted by atomic mass is 10.0. The van der Waals surface area contributed by atoms with Crippen molar-refractivity contribution in [1.29, 1.82) is 0 Å². The molecule has 0 heterocycles. The van der Waals surface area contributed by atoms with Crippen molar-refractivity contribution in [2.24, 2.45) is 0 Å². The zero-order valence-electron chi connectivity index (χ0n) is 10.7. The lowest BCUT2D eigenvalue weighted by Crippen LogP contribution is -2.03. The molecule has 0 radical (unpaired) electrons. The van der Waals surface area contributed by atoms with Gasteiger partial charge in [0, 0.05) is 6.42 Å². The van der Waals surface area contributed by atoms with E-state index < -0.39 is 0 Å². The Morgan fingerprint density at radius 1 is 1.06 bits per heavy atom. The van der Waals surface area contributed by atoms with E-state index in [0.29, 0.717) is 6.61 Å². The minimum absolute atomic E-state index is 0.701. The molecule has 0 saturated carbocycles. The lowest BCUT2D eigenvalue weighted by Gasteiger charge is -2.10. The van der Waals surface area contributed by atoms with Gasteiger partial charge >= 0.3 is 0 Å². The van der Waals surface area contributed by atoms with E-state index in [-0.39, 0.29) is 0 Å². The van der Waals surface area contributed by atoms with Gasteiger partial charge in [0.2, 0.25) is 0 Å². The van der Waals surface area contributed by atoms with Gasteiger partial charge in [0.1, 0.15) is 5.75 Å². The quantitative estimate of drug-likeness (QED) is 0.796. The van der Waals surface area contributed by atoms with E-state index in [1.54, 1.807) is 0 Å². The summed E-state index contributed by atoms with van der Waals surface area (Å²) in [5.41, 5.74) is 4.00. The van der Waals surface area contributed by atoms with Gasteiger partial charge in [-0.2, -0.15) is 0 Å². The summed E-state index contributed by atoms with van der Waals surface area (Å²) in [6, 6.07) is 14.5. The summed E-state index contributed by atoms with van der Waals surface area (Å²) in [5, 5.41) is 0. The number of rotatable bonds is 4. The maximum atomic E-state index is 5.79. The highest BCUT2D eigenvalue weighted by Crippen LogP contribution is 2.24. The second-order valence-corrected chi connectivity index (χ2v) is 5.31. The maximum absolute atomic E-state index is 5.79. The third-order valence-electron chi connectivity index (χ3n) is 2.97. The smallest absolute Gasteiger partial charge is 0.133 e. The van der Waals surface area contributed by atoms with Gasteiger partial charge in [-0.25, -0.2) is 0 Å². The van der Waals surface area contributed by atoms with Crippen LogP contribution in [0.3, 0.4) is 0 Å². The third-order valence-corrected chi connectivity index (χ3v) is 3.63. The third kappa shape index (κ3) is 3.36. The van der Waals surface area contributed by atoms with Crippen LogP contribution in [0.5, 0.6) is 5.75 Å². The average Bonchev–Trinajstić information content (AvgIpc) is 2.36. The number of halogens is 1. The summed E-state index contributed by atoms with van der Waals surface area (Å²) in [7, 11) is 0. The molecule has 0 unspecified atom stereocenters. The Kier molecular flexibility index (Phi) is 4.43. The first-order valence-electron chi connectivity index (χ1n) is 6.10. The zero-order valence-corrected chi connectivity index (χ0v) is 12.3. The predicted octanol–water partition coefficient (Wildman–Crippen LogP) is 4.69. The molecule has 0 bridgehead atoms. The van der Waals surface area contributed by atoms with Crippen molar-refractivity contribution in [3.63, 3.8) is 0 Å². The second kappa shape index (κ2) is 6.05. The highest BCUT2D eigenvalue weighted by molar-refractivity contribution is 9.10. The summed E-state index contributed by atoms with van der Waals surface area (Å²) < 4.78 is 6.79. The Bertz CT molecular complexity index is 534. The highest BCUT2D eigenvalue weighted by atomic mass is 79.9. The molecule has 0 saturated heterocycles.